The van der Waals surface area contributed by atoms with Crippen molar-refractivity contribution in [1.82, 2.24) is 0 Å². The van der Waals surface area contributed by atoms with Gasteiger partial charge < -0.3 is 0 Å². The molecule has 0 N–H and O–H groups in total. The number of rotatable bonds is 2. The van der Waals surface area contributed by atoms with Crippen molar-refractivity contribution in [2.24, 2.45) is 5.92 Å². The Morgan fingerprint density at radius 3 is 2.45 bits per heavy atom. The van der Waals surface area contributed by atoms with Crippen LogP contribution >= 0.6 is 12.2 Å². The fourth-order valence-electron chi connectivity index (χ4n) is 2.65. The summed E-state index contributed by atoms with van der Waals surface area (Å²) in [7, 11) is 0. The van der Waals surface area contributed by atoms with Crippen molar-refractivity contribution in [2.75, 3.05) is 0 Å². The lowest BCUT2D eigenvalue weighted by Gasteiger charge is -2.24. The Bertz CT molecular complexity index is 555. The molecule has 0 heterocycles. The first kappa shape index (κ1) is 15.2. The van der Waals surface area contributed by atoms with E-state index in [2.05, 4.69) is 0 Å². The van der Waals surface area contributed by atoms with Crippen molar-refractivity contribution in [3.8, 4) is 0 Å². The van der Waals surface area contributed by atoms with E-state index in [-0.39, 0.29) is 12.8 Å². The fraction of sp³-hybridized carbons (Fsp3) is 0.438. The van der Waals surface area contributed by atoms with Crippen LogP contribution in [0.15, 0.2) is 24.3 Å². The summed E-state index contributed by atoms with van der Waals surface area (Å²) in [5, 5.41) is 0. The van der Waals surface area contributed by atoms with Gasteiger partial charge in [-0.25, -0.2) is 0 Å². The van der Waals surface area contributed by atoms with Crippen LogP contribution in [0.4, 0.5) is 13.2 Å². The van der Waals surface area contributed by atoms with Gasteiger partial charge in [-0.1, -0.05) is 36.5 Å². The number of hydrogen-bond donors (Lipinski definition) is 0. The second-order valence-electron chi connectivity index (χ2n) is 5.33. The number of benzene rings is 1. The molecule has 2 rings (SSSR count). The third-order valence-electron chi connectivity index (χ3n) is 3.85. The summed E-state index contributed by atoms with van der Waals surface area (Å²) in [5.74, 6) is -1.19. The van der Waals surface area contributed by atoms with Crippen molar-refractivity contribution < 1.29 is 13.2 Å². The van der Waals surface area contributed by atoms with E-state index in [4.69, 9.17) is 12.2 Å². The minimum Gasteiger partial charge on any atom is -0.171 e. The number of hydrogen-bond acceptors (Lipinski definition) is 1. The molecule has 1 aromatic carbocycles. The summed E-state index contributed by atoms with van der Waals surface area (Å²) in [6, 6.07) is 5.94. The number of alkyl halides is 3. The zero-order valence-corrected chi connectivity index (χ0v) is 12.4. The summed E-state index contributed by atoms with van der Waals surface area (Å²) in [6.45, 7) is 3.86. The summed E-state index contributed by atoms with van der Waals surface area (Å²) < 4.78 is 37.9. The maximum Gasteiger partial charge on any atom is 0.392 e. The van der Waals surface area contributed by atoms with Crippen LogP contribution in [0.25, 0.3) is 5.57 Å². The smallest absolute Gasteiger partial charge is 0.171 e. The topological polar surface area (TPSA) is 0 Å². The fourth-order valence-corrected chi connectivity index (χ4v) is 2.88. The monoisotopic (exact) mass is 298 g/mol. The molecule has 1 atom stereocenters. The van der Waals surface area contributed by atoms with Gasteiger partial charge in [0.2, 0.25) is 0 Å². The molecule has 0 aliphatic heterocycles. The molecular formula is C16H17F3S. The van der Waals surface area contributed by atoms with E-state index in [1.54, 1.807) is 6.08 Å². The van der Waals surface area contributed by atoms with Gasteiger partial charge in [-0.3, -0.25) is 0 Å². The Morgan fingerprint density at radius 2 is 2.00 bits per heavy atom. The molecular weight excluding hydrogens is 281 g/mol. The van der Waals surface area contributed by atoms with Crippen molar-refractivity contribution in [3.63, 3.8) is 0 Å². The Balaban J connectivity index is 2.20. The molecule has 1 aromatic rings. The summed E-state index contributed by atoms with van der Waals surface area (Å²) in [4.78, 5) is 0.837. The zero-order chi connectivity index (χ0) is 14.9. The van der Waals surface area contributed by atoms with Crippen LogP contribution in [0.3, 0.4) is 0 Å². The van der Waals surface area contributed by atoms with Gasteiger partial charge in [0.25, 0.3) is 0 Å². The minimum atomic E-state index is -4.07. The average Bonchev–Trinajstić information content (AvgIpc) is 2.37. The highest BCUT2D eigenvalue weighted by Crippen LogP contribution is 2.39. The van der Waals surface area contributed by atoms with Gasteiger partial charge in [0, 0.05) is 4.86 Å². The van der Waals surface area contributed by atoms with Gasteiger partial charge in [-0.15, -0.1) is 0 Å². The molecule has 0 amide bonds. The molecule has 0 fully saturated rings. The second kappa shape index (κ2) is 5.68. The standard InChI is InChI=1S/C16H17F3S/c1-10-9-13(5-8-15(10)11(2)20)12-3-6-14(7-4-12)16(17,18)19/h3,5,8-9,14H,4,6-7H2,1-2H3. The van der Waals surface area contributed by atoms with Gasteiger partial charge in [0.1, 0.15) is 0 Å². The molecule has 0 bridgehead atoms. The quantitative estimate of drug-likeness (QED) is 0.514. The van der Waals surface area contributed by atoms with E-state index in [1.165, 1.54) is 0 Å². The molecule has 0 spiro atoms. The van der Waals surface area contributed by atoms with Crippen LogP contribution in [-0.2, 0) is 0 Å². The lowest BCUT2D eigenvalue weighted by Crippen LogP contribution is -2.24. The Morgan fingerprint density at radius 1 is 1.30 bits per heavy atom. The van der Waals surface area contributed by atoms with Crippen LogP contribution in [-0.4, -0.2) is 11.0 Å². The Kier molecular flexibility index (Phi) is 4.33. The first-order valence-electron chi connectivity index (χ1n) is 6.66. The first-order chi connectivity index (χ1) is 9.29. The lowest BCUT2D eigenvalue weighted by molar-refractivity contribution is -0.175. The van der Waals surface area contributed by atoms with E-state index in [9.17, 15) is 13.2 Å². The van der Waals surface area contributed by atoms with E-state index in [0.29, 0.717) is 6.42 Å². The number of allylic oxidation sites excluding steroid dienone is 2. The van der Waals surface area contributed by atoms with E-state index in [0.717, 1.165) is 27.1 Å². The third-order valence-corrected chi connectivity index (χ3v) is 4.07. The average molecular weight is 298 g/mol. The van der Waals surface area contributed by atoms with Crippen LogP contribution in [0.1, 0.15) is 42.9 Å². The molecule has 1 unspecified atom stereocenters. The van der Waals surface area contributed by atoms with Crippen LogP contribution in [0.5, 0.6) is 0 Å². The Hall–Kier alpha value is -1.16. The van der Waals surface area contributed by atoms with Crippen molar-refractivity contribution >= 4 is 22.7 Å². The predicted octanol–water partition coefficient (Wildman–Crippen LogP) is 5.48. The highest BCUT2D eigenvalue weighted by Gasteiger charge is 2.39. The molecule has 1 aliphatic rings. The molecule has 0 nitrogen and oxygen atoms in total. The number of thiocarbonyl (C=S) groups is 1. The molecule has 0 aromatic heterocycles. The highest BCUT2D eigenvalue weighted by atomic mass is 32.1. The molecule has 108 valence electrons. The summed E-state index contributed by atoms with van der Waals surface area (Å²) in [6.07, 6.45) is -1.58. The Labute approximate surface area is 122 Å². The van der Waals surface area contributed by atoms with E-state index >= 15 is 0 Å². The van der Waals surface area contributed by atoms with Crippen molar-refractivity contribution in [2.45, 2.75) is 39.3 Å². The van der Waals surface area contributed by atoms with Gasteiger partial charge in [-0.05, 0) is 55.4 Å². The molecule has 0 saturated heterocycles. The predicted molar refractivity (Wildman–Crippen MR) is 79.9 cm³/mol. The number of halogens is 3. The molecule has 4 heteroatoms. The largest absolute Gasteiger partial charge is 0.392 e. The molecule has 20 heavy (non-hydrogen) atoms. The normalized spacial score (nSPS) is 19.6. The van der Waals surface area contributed by atoms with E-state index < -0.39 is 12.1 Å². The summed E-state index contributed by atoms with van der Waals surface area (Å²) in [5.41, 5.74) is 4.15. The minimum absolute atomic E-state index is 0.0891. The molecule has 1 aliphatic carbocycles. The maximum absolute atomic E-state index is 12.6. The maximum atomic E-state index is 12.6. The van der Waals surface area contributed by atoms with Gasteiger partial charge in [0.05, 0.1) is 5.92 Å². The second-order valence-corrected chi connectivity index (χ2v) is 5.94. The molecule has 0 radical (unpaired) electrons. The van der Waals surface area contributed by atoms with Crippen LogP contribution in [0, 0.1) is 12.8 Å². The van der Waals surface area contributed by atoms with Crippen molar-refractivity contribution in [1.29, 1.82) is 0 Å². The first-order valence-corrected chi connectivity index (χ1v) is 7.07. The van der Waals surface area contributed by atoms with Gasteiger partial charge in [0.15, 0.2) is 0 Å². The van der Waals surface area contributed by atoms with E-state index in [1.807, 2.05) is 32.0 Å². The summed E-state index contributed by atoms with van der Waals surface area (Å²) >= 11 is 5.17. The molecule has 0 saturated carbocycles. The SMILES string of the molecule is CC(=S)c1ccc(C2=CCC(C(F)(F)F)CC2)cc1C. The number of aryl methyl sites for hydroxylation is 1. The lowest BCUT2D eigenvalue weighted by atomic mass is 9.85. The highest BCUT2D eigenvalue weighted by molar-refractivity contribution is 7.80. The zero-order valence-electron chi connectivity index (χ0n) is 11.6. The third kappa shape index (κ3) is 3.29. The van der Waals surface area contributed by atoms with Crippen molar-refractivity contribution in [3.05, 3.63) is 41.0 Å². The van der Waals surface area contributed by atoms with Crippen LogP contribution in [0.2, 0.25) is 0 Å². The van der Waals surface area contributed by atoms with Gasteiger partial charge in [-0.2, -0.15) is 13.2 Å². The van der Waals surface area contributed by atoms with Gasteiger partial charge >= 0.3 is 6.18 Å². The van der Waals surface area contributed by atoms with Crippen LogP contribution < -0.4 is 0 Å².